The summed E-state index contributed by atoms with van der Waals surface area (Å²) < 4.78 is 5.03. The molecule has 0 fully saturated rings. The van der Waals surface area contributed by atoms with Crippen molar-refractivity contribution in [3.63, 3.8) is 0 Å². The number of amides is 2. The van der Waals surface area contributed by atoms with Crippen LogP contribution in [0.3, 0.4) is 0 Å². The van der Waals surface area contributed by atoms with Crippen LogP contribution in [0.5, 0.6) is 0 Å². The quantitative estimate of drug-likeness (QED) is 0.515. The lowest BCUT2D eigenvalue weighted by Crippen LogP contribution is -2.52. The lowest BCUT2D eigenvalue weighted by Gasteiger charge is -2.22. The zero-order valence-electron chi connectivity index (χ0n) is 13.0. The van der Waals surface area contributed by atoms with Gasteiger partial charge in [0.2, 0.25) is 11.8 Å². The molecule has 0 unspecified atom stereocenters. The SMILES string of the molecule is CCCCOC(=O)[C@H](C)NC(=O)[C@@H](NC(C)=O)C(C)C. The van der Waals surface area contributed by atoms with Crippen molar-refractivity contribution in [2.75, 3.05) is 6.61 Å². The predicted octanol–water partition coefficient (Wildman–Crippen LogP) is 0.995. The van der Waals surface area contributed by atoms with Crippen LogP contribution in [0.1, 0.15) is 47.5 Å². The molecule has 0 rings (SSSR count). The van der Waals surface area contributed by atoms with Gasteiger partial charge in [0.1, 0.15) is 12.1 Å². The van der Waals surface area contributed by atoms with E-state index >= 15 is 0 Å². The van der Waals surface area contributed by atoms with Gasteiger partial charge in [-0.05, 0) is 19.3 Å². The molecule has 0 heterocycles. The van der Waals surface area contributed by atoms with Crippen LogP contribution in [0.4, 0.5) is 0 Å². The largest absolute Gasteiger partial charge is 0.464 e. The van der Waals surface area contributed by atoms with Gasteiger partial charge in [-0.1, -0.05) is 27.2 Å². The van der Waals surface area contributed by atoms with Crippen LogP contribution in [-0.4, -0.2) is 36.5 Å². The van der Waals surface area contributed by atoms with Gasteiger partial charge in [-0.15, -0.1) is 0 Å². The highest BCUT2D eigenvalue weighted by molar-refractivity contribution is 5.90. The molecule has 0 aliphatic carbocycles. The van der Waals surface area contributed by atoms with Crippen molar-refractivity contribution in [1.29, 1.82) is 0 Å². The number of esters is 1. The summed E-state index contributed by atoms with van der Waals surface area (Å²) in [5.74, 6) is -1.19. The van der Waals surface area contributed by atoms with Gasteiger partial charge in [0.05, 0.1) is 6.61 Å². The maximum absolute atomic E-state index is 12.0. The molecule has 0 saturated heterocycles. The first-order valence-corrected chi connectivity index (χ1v) is 7.03. The van der Waals surface area contributed by atoms with Crippen molar-refractivity contribution in [3.8, 4) is 0 Å². The summed E-state index contributed by atoms with van der Waals surface area (Å²) in [5.41, 5.74) is 0. The van der Waals surface area contributed by atoms with Crippen molar-refractivity contribution in [2.24, 2.45) is 5.92 Å². The molecule has 116 valence electrons. The van der Waals surface area contributed by atoms with Crippen LogP contribution in [0.15, 0.2) is 0 Å². The smallest absolute Gasteiger partial charge is 0.328 e. The molecule has 0 aromatic rings. The Morgan fingerprint density at radius 1 is 1.10 bits per heavy atom. The van der Waals surface area contributed by atoms with Gasteiger partial charge in [-0.25, -0.2) is 4.79 Å². The molecule has 2 N–H and O–H groups in total. The third-order valence-corrected chi connectivity index (χ3v) is 2.76. The number of hydrogen-bond acceptors (Lipinski definition) is 4. The fourth-order valence-electron chi connectivity index (χ4n) is 1.56. The van der Waals surface area contributed by atoms with E-state index in [1.165, 1.54) is 6.92 Å². The summed E-state index contributed by atoms with van der Waals surface area (Å²) in [7, 11) is 0. The Hall–Kier alpha value is -1.59. The van der Waals surface area contributed by atoms with E-state index < -0.39 is 18.1 Å². The summed E-state index contributed by atoms with van der Waals surface area (Å²) >= 11 is 0. The first-order chi connectivity index (χ1) is 9.29. The van der Waals surface area contributed by atoms with Crippen molar-refractivity contribution in [2.45, 2.75) is 59.5 Å². The average Bonchev–Trinajstić information content (AvgIpc) is 2.35. The van der Waals surface area contributed by atoms with Crippen molar-refractivity contribution < 1.29 is 19.1 Å². The highest BCUT2D eigenvalue weighted by Crippen LogP contribution is 2.03. The van der Waals surface area contributed by atoms with Crippen LogP contribution >= 0.6 is 0 Å². The van der Waals surface area contributed by atoms with E-state index in [0.29, 0.717) is 6.61 Å². The standard InChI is InChI=1S/C14H26N2O4/c1-6-7-8-20-14(19)10(4)15-13(18)12(9(2)3)16-11(5)17/h9-10,12H,6-8H2,1-5H3,(H,15,18)(H,16,17)/t10-,12-/m0/s1. The summed E-state index contributed by atoms with van der Waals surface area (Å²) in [5, 5.41) is 5.14. The zero-order chi connectivity index (χ0) is 15.7. The van der Waals surface area contributed by atoms with Gasteiger partial charge in [0.15, 0.2) is 0 Å². The van der Waals surface area contributed by atoms with Crippen LogP contribution in [-0.2, 0) is 19.1 Å². The number of ether oxygens (including phenoxy) is 1. The average molecular weight is 286 g/mol. The third-order valence-electron chi connectivity index (χ3n) is 2.76. The monoisotopic (exact) mass is 286 g/mol. The molecule has 6 heteroatoms. The molecule has 0 aliphatic rings. The van der Waals surface area contributed by atoms with E-state index in [1.807, 2.05) is 20.8 Å². The highest BCUT2D eigenvalue weighted by Gasteiger charge is 2.26. The summed E-state index contributed by atoms with van der Waals surface area (Å²) in [6, 6.07) is -1.38. The fraction of sp³-hybridized carbons (Fsp3) is 0.786. The van der Waals surface area contributed by atoms with Crippen LogP contribution < -0.4 is 10.6 Å². The number of carbonyl (C=O) groups excluding carboxylic acids is 3. The number of nitrogens with one attached hydrogen (secondary N) is 2. The van der Waals surface area contributed by atoms with Gasteiger partial charge >= 0.3 is 5.97 Å². The van der Waals surface area contributed by atoms with E-state index in [4.69, 9.17) is 4.74 Å². The van der Waals surface area contributed by atoms with E-state index in [1.54, 1.807) is 6.92 Å². The molecular formula is C14H26N2O4. The van der Waals surface area contributed by atoms with E-state index in [0.717, 1.165) is 12.8 Å². The van der Waals surface area contributed by atoms with E-state index in [-0.39, 0.29) is 17.7 Å². The number of rotatable bonds is 8. The minimum Gasteiger partial charge on any atom is -0.464 e. The van der Waals surface area contributed by atoms with Crippen molar-refractivity contribution in [3.05, 3.63) is 0 Å². The maximum atomic E-state index is 12.0. The normalized spacial score (nSPS) is 13.5. The second kappa shape index (κ2) is 9.34. The molecule has 0 aliphatic heterocycles. The molecular weight excluding hydrogens is 260 g/mol. The topological polar surface area (TPSA) is 84.5 Å². The minimum absolute atomic E-state index is 0.0674. The maximum Gasteiger partial charge on any atom is 0.328 e. The molecule has 0 aromatic carbocycles. The Balaban J connectivity index is 4.40. The number of carbonyl (C=O) groups is 3. The third kappa shape index (κ3) is 7.11. The first kappa shape index (κ1) is 18.4. The van der Waals surface area contributed by atoms with Crippen LogP contribution in [0.25, 0.3) is 0 Å². The van der Waals surface area contributed by atoms with Crippen LogP contribution in [0.2, 0.25) is 0 Å². The molecule has 0 bridgehead atoms. The van der Waals surface area contributed by atoms with Crippen molar-refractivity contribution >= 4 is 17.8 Å². The predicted molar refractivity (Wildman–Crippen MR) is 75.9 cm³/mol. The number of unbranched alkanes of at least 4 members (excludes halogenated alkanes) is 1. The molecule has 2 amide bonds. The lowest BCUT2D eigenvalue weighted by atomic mass is 10.0. The zero-order valence-corrected chi connectivity index (χ0v) is 13.0. The Morgan fingerprint density at radius 2 is 1.70 bits per heavy atom. The Kier molecular flexibility index (Phi) is 8.59. The minimum atomic E-state index is -0.727. The lowest BCUT2D eigenvalue weighted by molar-refractivity contribution is -0.147. The van der Waals surface area contributed by atoms with Crippen LogP contribution in [0, 0.1) is 5.92 Å². The summed E-state index contributed by atoms with van der Waals surface area (Å²) in [6.45, 7) is 8.92. The molecule has 6 nitrogen and oxygen atoms in total. The summed E-state index contributed by atoms with van der Waals surface area (Å²) in [6.07, 6.45) is 1.74. The van der Waals surface area contributed by atoms with Gasteiger partial charge in [-0.3, -0.25) is 9.59 Å². The van der Waals surface area contributed by atoms with E-state index in [9.17, 15) is 14.4 Å². The number of hydrogen-bond donors (Lipinski definition) is 2. The second-order valence-corrected chi connectivity index (χ2v) is 5.17. The van der Waals surface area contributed by atoms with Gasteiger partial charge in [-0.2, -0.15) is 0 Å². The second-order valence-electron chi connectivity index (χ2n) is 5.17. The first-order valence-electron chi connectivity index (χ1n) is 7.03. The highest BCUT2D eigenvalue weighted by atomic mass is 16.5. The van der Waals surface area contributed by atoms with Gasteiger partial charge < -0.3 is 15.4 Å². The Bertz CT molecular complexity index is 342. The summed E-state index contributed by atoms with van der Waals surface area (Å²) in [4.78, 5) is 34.7. The van der Waals surface area contributed by atoms with Crippen molar-refractivity contribution in [1.82, 2.24) is 10.6 Å². The Labute approximate surface area is 120 Å². The molecule has 20 heavy (non-hydrogen) atoms. The molecule has 0 aromatic heterocycles. The van der Waals surface area contributed by atoms with Gasteiger partial charge in [0.25, 0.3) is 0 Å². The Morgan fingerprint density at radius 3 is 2.15 bits per heavy atom. The fourth-order valence-corrected chi connectivity index (χ4v) is 1.56. The molecule has 0 saturated carbocycles. The molecule has 0 spiro atoms. The van der Waals surface area contributed by atoms with E-state index in [2.05, 4.69) is 10.6 Å². The molecule has 2 atom stereocenters. The van der Waals surface area contributed by atoms with Gasteiger partial charge in [0, 0.05) is 6.92 Å². The molecule has 0 radical (unpaired) electrons.